The first kappa shape index (κ1) is 12.4. The molecule has 1 aromatic rings. The largest absolute Gasteiger partial charge is 0.478 e. The summed E-state index contributed by atoms with van der Waals surface area (Å²) in [5, 5.41) is 8.68. The van der Waals surface area contributed by atoms with Crippen LogP contribution < -0.4 is 9.47 Å². The number of halogens is 1. The van der Waals surface area contributed by atoms with Gasteiger partial charge in [0.1, 0.15) is 0 Å². The van der Waals surface area contributed by atoms with Crippen LogP contribution >= 0.6 is 12.4 Å². The Morgan fingerprint density at radius 3 is 2.75 bits per heavy atom. The average molecular weight is 243 g/mol. The van der Waals surface area contributed by atoms with Gasteiger partial charge in [0.15, 0.2) is 11.5 Å². The molecule has 0 aromatic heterocycles. The van der Waals surface area contributed by atoms with Gasteiger partial charge in [-0.05, 0) is 17.7 Å². The summed E-state index contributed by atoms with van der Waals surface area (Å²) < 4.78 is 10.3. The van der Waals surface area contributed by atoms with Crippen LogP contribution in [0.2, 0.25) is 0 Å². The molecule has 1 N–H and O–H groups in total. The lowest BCUT2D eigenvalue weighted by atomic mass is 10.1. The van der Waals surface area contributed by atoms with Gasteiger partial charge in [0.2, 0.25) is 6.79 Å². The third kappa shape index (κ3) is 2.46. The van der Waals surface area contributed by atoms with Crippen LogP contribution in [-0.4, -0.2) is 17.9 Å². The minimum absolute atomic E-state index is 0. The molecule has 1 heterocycles. The van der Waals surface area contributed by atoms with Crippen LogP contribution in [0, 0.1) is 0 Å². The smallest absolute Gasteiger partial charge is 0.331 e. The minimum atomic E-state index is -0.979. The van der Waals surface area contributed by atoms with Crippen LogP contribution in [-0.2, 0) is 11.2 Å². The molecule has 0 saturated carbocycles. The molecule has 1 aromatic carbocycles. The first-order chi connectivity index (χ1) is 7.16. The SMILES string of the molecule is C=C(Cc1ccc2c(c1)OCO2)C(=O)O.Cl. The Labute approximate surface area is 98.9 Å². The van der Waals surface area contributed by atoms with E-state index in [0.29, 0.717) is 17.9 Å². The Hall–Kier alpha value is -1.68. The maximum absolute atomic E-state index is 10.6. The van der Waals surface area contributed by atoms with Crippen LogP contribution in [0.4, 0.5) is 0 Å². The highest BCUT2D eigenvalue weighted by atomic mass is 35.5. The molecule has 0 bridgehead atoms. The normalized spacial score (nSPS) is 11.8. The van der Waals surface area contributed by atoms with Crippen molar-refractivity contribution in [3.63, 3.8) is 0 Å². The predicted molar refractivity (Wildman–Crippen MR) is 60.3 cm³/mol. The number of rotatable bonds is 3. The summed E-state index contributed by atoms with van der Waals surface area (Å²) >= 11 is 0. The lowest BCUT2D eigenvalue weighted by molar-refractivity contribution is -0.132. The van der Waals surface area contributed by atoms with E-state index in [0.717, 1.165) is 5.56 Å². The first-order valence-electron chi connectivity index (χ1n) is 4.46. The van der Waals surface area contributed by atoms with Gasteiger partial charge in [0.05, 0.1) is 0 Å². The fourth-order valence-electron chi connectivity index (χ4n) is 1.37. The van der Waals surface area contributed by atoms with E-state index in [9.17, 15) is 4.79 Å². The van der Waals surface area contributed by atoms with Gasteiger partial charge in [-0.3, -0.25) is 0 Å². The number of hydrogen-bond donors (Lipinski definition) is 1. The van der Waals surface area contributed by atoms with E-state index in [1.807, 2.05) is 6.07 Å². The highest BCUT2D eigenvalue weighted by Crippen LogP contribution is 2.32. The van der Waals surface area contributed by atoms with Crippen LogP contribution in [0.15, 0.2) is 30.4 Å². The van der Waals surface area contributed by atoms with Crippen molar-refractivity contribution in [2.75, 3.05) is 6.79 Å². The zero-order chi connectivity index (χ0) is 10.8. The molecule has 1 aliphatic rings. The molecule has 0 aliphatic carbocycles. The van der Waals surface area contributed by atoms with E-state index < -0.39 is 5.97 Å². The average Bonchev–Trinajstić information content (AvgIpc) is 2.64. The van der Waals surface area contributed by atoms with Crippen LogP contribution in [0.5, 0.6) is 11.5 Å². The monoisotopic (exact) mass is 242 g/mol. The van der Waals surface area contributed by atoms with Crippen molar-refractivity contribution in [1.82, 2.24) is 0 Å². The van der Waals surface area contributed by atoms with Crippen molar-refractivity contribution < 1.29 is 19.4 Å². The quantitative estimate of drug-likeness (QED) is 0.824. The Balaban J connectivity index is 0.00000128. The molecule has 1 aliphatic heterocycles. The number of aliphatic carboxylic acids is 1. The number of hydrogen-bond acceptors (Lipinski definition) is 3. The molecule has 0 saturated heterocycles. The second-order valence-corrected chi connectivity index (χ2v) is 3.27. The molecule has 2 rings (SSSR count). The number of carboxylic acid groups (broad SMARTS) is 1. The Bertz CT molecular complexity index is 428. The van der Waals surface area contributed by atoms with Crippen molar-refractivity contribution in [1.29, 1.82) is 0 Å². The Kier molecular flexibility index (Phi) is 3.79. The number of benzene rings is 1. The summed E-state index contributed by atoms with van der Waals surface area (Å²) in [6.07, 6.45) is 0.311. The van der Waals surface area contributed by atoms with Gasteiger partial charge in [0, 0.05) is 12.0 Å². The molecule has 0 fully saturated rings. The number of carboxylic acids is 1. The topological polar surface area (TPSA) is 55.8 Å². The summed E-state index contributed by atoms with van der Waals surface area (Å²) in [6.45, 7) is 3.69. The van der Waals surface area contributed by atoms with Gasteiger partial charge >= 0.3 is 5.97 Å². The van der Waals surface area contributed by atoms with Crippen molar-refractivity contribution in [3.8, 4) is 11.5 Å². The van der Waals surface area contributed by atoms with Gasteiger partial charge in [-0.15, -0.1) is 12.4 Å². The number of ether oxygens (including phenoxy) is 2. The van der Waals surface area contributed by atoms with Gasteiger partial charge in [-0.1, -0.05) is 12.6 Å². The Morgan fingerprint density at radius 1 is 1.38 bits per heavy atom. The standard InChI is InChI=1S/C11H10O4.ClH/c1-7(11(12)13)4-8-2-3-9-10(5-8)15-6-14-9;/h2-3,5H,1,4,6H2,(H,12,13);1H. The fraction of sp³-hybridized carbons (Fsp3) is 0.182. The molecule has 4 nitrogen and oxygen atoms in total. The molecule has 86 valence electrons. The molecular weight excluding hydrogens is 232 g/mol. The molecule has 0 radical (unpaired) electrons. The maximum atomic E-state index is 10.6. The molecule has 0 spiro atoms. The third-order valence-electron chi connectivity index (χ3n) is 2.16. The molecule has 0 amide bonds. The predicted octanol–water partition coefficient (Wildman–Crippen LogP) is 2.02. The van der Waals surface area contributed by atoms with Crippen molar-refractivity contribution in [3.05, 3.63) is 35.9 Å². The van der Waals surface area contributed by atoms with Gasteiger partial charge in [-0.2, -0.15) is 0 Å². The van der Waals surface area contributed by atoms with E-state index in [-0.39, 0.29) is 24.8 Å². The number of fused-ring (bicyclic) bond motifs is 1. The van der Waals surface area contributed by atoms with Gasteiger partial charge < -0.3 is 14.6 Å². The van der Waals surface area contributed by atoms with E-state index >= 15 is 0 Å². The fourth-order valence-corrected chi connectivity index (χ4v) is 1.37. The van der Waals surface area contributed by atoms with Crippen LogP contribution in [0.25, 0.3) is 0 Å². The van der Waals surface area contributed by atoms with E-state index in [1.165, 1.54) is 0 Å². The third-order valence-corrected chi connectivity index (χ3v) is 2.16. The maximum Gasteiger partial charge on any atom is 0.331 e. The highest BCUT2D eigenvalue weighted by molar-refractivity contribution is 5.86. The number of carbonyl (C=O) groups is 1. The summed E-state index contributed by atoms with van der Waals surface area (Å²) in [4.78, 5) is 10.6. The summed E-state index contributed by atoms with van der Waals surface area (Å²) in [6, 6.07) is 5.35. The van der Waals surface area contributed by atoms with Crippen LogP contribution in [0.3, 0.4) is 0 Å². The van der Waals surface area contributed by atoms with Gasteiger partial charge in [-0.25, -0.2) is 4.79 Å². The van der Waals surface area contributed by atoms with E-state index in [2.05, 4.69) is 6.58 Å². The lowest BCUT2D eigenvalue weighted by Gasteiger charge is -2.02. The lowest BCUT2D eigenvalue weighted by Crippen LogP contribution is -2.01. The second kappa shape index (κ2) is 4.90. The molecular formula is C11H11ClO4. The summed E-state index contributed by atoms with van der Waals surface area (Å²) in [7, 11) is 0. The first-order valence-corrected chi connectivity index (χ1v) is 4.46. The zero-order valence-corrected chi connectivity index (χ0v) is 9.25. The minimum Gasteiger partial charge on any atom is -0.478 e. The zero-order valence-electron chi connectivity index (χ0n) is 8.43. The second-order valence-electron chi connectivity index (χ2n) is 3.27. The highest BCUT2D eigenvalue weighted by Gasteiger charge is 2.14. The van der Waals surface area contributed by atoms with Crippen LogP contribution in [0.1, 0.15) is 5.56 Å². The van der Waals surface area contributed by atoms with Crippen molar-refractivity contribution in [2.45, 2.75) is 6.42 Å². The Morgan fingerprint density at radius 2 is 2.06 bits per heavy atom. The summed E-state index contributed by atoms with van der Waals surface area (Å²) in [5.41, 5.74) is 1.01. The molecule has 5 heteroatoms. The van der Waals surface area contributed by atoms with E-state index in [1.54, 1.807) is 12.1 Å². The van der Waals surface area contributed by atoms with Gasteiger partial charge in [0.25, 0.3) is 0 Å². The van der Waals surface area contributed by atoms with Crippen molar-refractivity contribution >= 4 is 18.4 Å². The van der Waals surface area contributed by atoms with Crippen molar-refractivity contribution in [2.24, 2.45) is 0 Å². The summed E-state index contributed by atoms with van der Waals surface area (Å²) in [5.74, 6) is 0.373. The molecule has 0 unspecified atom stereocenters. The molecule has 16 heavy (non-hydrogen) atoms. The van der Waals surface area contributed by atoms with E-state index in [4.69, 9.17) is 14.6 Å². The molecule has 0 atom stereocenters.